The largest absolute Gasteiger partial charge is 0.468 e. The van der Waals surface area contributed by atoms with Crippen molar-refractivity contribution in [2.75, 3.05) is 39.8 Å². The van der Waals surface area contributed by atoms with Gasteiger partial charge in [0, 0.05) is 26.7 Å². The van der Waals surface area contributed by atoms with E-state index in [1.165, 1.54) is 12.8 Å². The number of amides is 1. The number of benzene rings is 1. The molecule has 8 heteroatoms. The number of furan rings is 1. The molecule has 0 radical (unpaired) electrons. The van der Waals surface area contributed by atoms with Gasteiger partial charge in [-0.05, 0) is 50.2 Å². The second-order valence-electron chi connectivity index (χ2n) is 6.89. The van der Waals surface area contributed by atoms with Crippen LogP contribution in [-0.4, -0.2) is 56.5 Å². The van der Waals surface area contributed by atoms with E-state index >= 15 is 0 Å². The molecule has 1 unspecified atom stereocenters. The number of nitrogens with zero attached hydrogens (tertiary/aromatic N) is 2. The number of rotatable bonds is 8. The number of guanidine groups is 1. The Morgan fingerprint density at radius 2 is 1.90 bits per heavy atom. The van der Waals surface area contributed by atoms with Gasteiger partial charge in [-0.1, -0.05) is 23.7 Å². The molecule has 0 saturated carbocycles. The molecule has 0 spiro atoms. The van der Waals surface area contributed by atoms with Crippen LogP contribution in [-0.2, 0) is 0 Å². The molecule has 1 aromatic heterocycles. The van der Waals surface area contributed by atoms with E-state index in [1.54, 1.807) is 37.6 Å². The van der Waals surface area contributed by atoms with Crippen molar-refractivity contribution in [3.8, 4) is 0 Å². The predicted octanol–water partition coefficient (Wildman–Crippen LogP) is 2.66. The summed E-state index contributed by atoms with van der Waals surface area (Å²) < 4.78 is 5.65. The van der Waals surface area contributed by atoms with Crippen molar-refractivity contribution in [1.82, 2.24) is 20.9 Å². The van der Waals surface area contributed by atoms with Crippen molar-refractivity contribution >= 4 is 23.5 Å². The van der Waals surface area contributed by atoms with Crippen LogP contribution in [0.4, 0.5) is 0 Å². The Morgan fingerprint density at radius 3 is 2.59 bits per heavy atom. The van der Waals surface area contributed by atoms with Crippen LogP contribution in [0, 0.1) is 0 Å². The highest BCUT2D eigenvalue weighted by Gasteiger charge is 2.25. The third kappa shape index (κ3) is 5.98. The van der Waals surface area contributed by atoms with Crippen molar-refractivity contribution < 1.29 is 9.21 Å². The monoisotopic (exact) mass is 417 g/mol. The van der Waals surface area contributed by atoms with E-state index < -0.39 is 0 Å². The average Bonchev–Trinajstić information content (AvgIpc) is 3.44. The van der Waals surface area contributed by atoms with E-state index in [1.807, 2.05) is 12.1 Å². The first-order valence-electron chi connectivity index (χ1n) is 9.93. The Kier molecular flexibility index (Phi) is 7.95. The lowest BCUT2D eigenvalue weighted by Gasteiger charge is -2.26. The van der Waals surface area contributed by atoms with Crippen LogP contribution in [0.5, 0.6) is 0 Å². The van der Waals surface area contributed by atoms with Gasteiger partial charge >= 0.3 is 0 Å². The first-order valence-corrected chi connectivity index (χ1v) is 10.3. The fraction of sp³-hybridized carbons (Fsp3) is 0.429. The summed E-state index contributed by atoms with van der Waals surface area (Å²) in [7, 11) is 1.73. The van der Waals surface area contributed by atoms with Crippen LogP contribution in [0.1, 0.15) is 35.0 Å². The van der Waals surface area contributed by atoms with Crippen LogP contribution in [0.2, 0.25) is 5.02 Å². The zero-order valence-electron chi connectivity index (χ0n) is 16.7. The zero-order chi connectivity index (χ0) is 20.5. The van der Waals surface area contributed by atoms with Gasteiger partial charge in [0.2, 0.25) is 0 Å². The van der Waals surface area contributed by atoms with E-state index in [4.69, 9.17) is 16.0 Å². The normalized spacial score (nSPS) is 15.9. The Hall–Kier alpha value is -2.51. The molecule has 1 fully saturated rings. The van der Waals surface area contributed by atoms with E-state index in [0.717, 1.165) is 18.8 Å². The summed E-state index contributed by atoms with van der Waals surface area (Å²) in [6.45, 7) is 3.85. The van der Waals surface area contributed by atoms with Gasteiger partial charge in [-0.2, -0.15) is 0 Å². The number of carbonyl (C=O) groups is 1. The second kappa shape index (κ2) is 10.9. The number of nitrogens with one attached hydrogen (secondary N) is 3. The molecule has 1 aliphatic heterocycles. The van der Waals surface area contributed by atoms with Crippen molar-refractivity contribution in [1.29, 1.82) is 0 Å². The standard InChI is InChI=1S/C21H28ClN5O2/c1-23-21(25-11-10-24-20(28)16-7-2-3-8-17(16)22)26-15-18(19-9-6-14-29-19)27-12-4-5-13-27/h2-3,6-9,14,18H,4-5,10-13,15H2,1H3,(H,24,28)(H2,23,25,26). The molecule has 2 aromatic rings. The van der Waals surface area contributed by atoms with Gasteiger partial charge in [-0.15, -0.1) is 0 Å². The fourth-order valence-corrected chi connectivity index (χ4v) is 3.68. The van der Waals surface area contributed by atoms with Crippen LogP contribution in [0.25, 0.3) is 0 Å². The molecular weight excluding hydrogens is 390 g/mol. The Labute approximate surface area is 176 Å². The van der Waals surface area contributed by atoms with E-state index in [9.17, 15) is 4.79 Å². The van der Waals surface area contributed by atoms with Crippen molar-refractivity contribution in [2.24, 2.45) is 4.99 Å². The van der Waals surface area contributed by atoms with Crippen LogP contribution >= 0.6 is 11.6 Å². The Bertz CT molecular complexity index is 803. The fourth-order valence-electron chi connectivity index (χ4n) is 3.46. The van der Waals surface area contributed by atoms with Gasteiger partial charge < -0.3 is 20.4 Å². The molecular formula is C21H28ClN5O2. The van der Waals surface area contributed by atoms with Crippen LogP contribution in [0.3, 0.4) is 0 Å². The lowest BCUT2D eigenvalue weighted by atomic mass is 10.2. The van der Waals surface area contributed by atoms with E-state index in [0.29, 0.717) is 36.2 Å². The predicted molar refractivity (Wildman–Crippen MR) is 115 cm³/mol. The minimum absolute atomic E-state index is 0.172. The number of hydrogen-bond donors (Lipinski definition) is 3. The van der Waals surface area contributed by atoms with Crippen molar-refractivity contribution in [3.63, 3.8) is 0 Å². The maximum absolute atomic E-state index is 12.2. The van der Waals surface area contributed by atoms with Gasteiger partial charge in [0.1, 0.15) is 5.76 Å². The minimum atomic E-state index is -0.188. The summed E-state index contributed by atoms with van der Waals surface area (Å²) in [6, 6.07) is 11.1. The van der Waals surface area contributed by atoms with E-state index in [-0.39, 0.29) is 11.9 Å². The highest BCUT2D eigenvalue weighted by atomic mass is 35.5. The van der Waals surface area contributed by atoms with Gasteiger partial charge in [-0.3, -0.25) is 14.7 Å². The summed E-state index contributed by atoms with van der Waals surface area (Å²) in [6.07, 6.45) is 4.15. The quantitative estimate of drug-likeness (QED) is 0.349. The molecule has 1 saturated heterocycles. The molecule has 0 aliphatic carbocycles. The molecule has 0 bridgehead atoms. The summed E-state index contributed by atoms with van der Waals surface area (Å²) in [4.78, 5) is 18.9. The summed E-state index contributed by atoms with van der Waals surface area (Å²) in [5.74, 6) is 1.46. The molecule has 29 heavy (non-hydrogen) atoms. The zero-order valence-corrected chi connectivity index (χ0v) is 17.4. The topological polar surface area (TPSA) is 81.9 Å². The molecule has 1 amide bonds. The highest BCUT2D eigenvalue weighted by Crippen LogP contribution is 2.24. The third-order valence-corrected chi connectivity index (χ3v) is 5.29. The van der Waals surface area contributed by atoms with Crippen LogP contribution < -0.4 is 16.0 Å². The highest BCUT2D eigenvalue weighted by molar-refractivity contribution is 6.33. The maximum Gasteiger partial charge on any atom is 0.252 e. The van der Waals surface area contributed by atoms with E-state index in [2.05, 4.69) is 25.8 Å². The number of aliphatic imine (C=N–C) groups is 1. The first kappa shape index (κ1) is 21.2. The molecule has 1 atom stereocenters. The second-order valence-corrected chi connectivity index (χ2v) is 7.30. The summed E-state index contributed by atoms with van der Waals surface area (Å²) >= 11 is 6.05. The van der Waals surface area contributed by atoms with Crippen LogP contribution in [0.15, 0.2) is 52.1 Å². The number of likely N-dealkylation sites (tertiary alicyclic amines) is 1. The molecule has 1 aromatic carbocycles. The lowest BCUT2D eigenvalue weighted by Crippen LogP contribution is -2.44. The molecule has 3 N–H and O–H groups in total. The molecule has 3 rings (SSSR count). The van der Waals surface area contributed by atoms with Crippen molar-refractivity contribution in [2.45, 2.75) is 18.9 Å². The molecule has 7 nitrogen and oxygen atoms in total. The smallest absolute Gasteiger partial charge is 0.252 e. The SMILES string of the molecule is CN=C(NCCNC(=O)c1ccccc1Cl)NCC(c1ccco1)N1CCCC1. The third-order valence-electron chi connectivity index (χ3n) is 4.96. The number of hydrogen-bond acceptors (Lipinski definition) is 4. The van der Waals surface area contributed by atoms with Gasteiger partial charge in [0.05, 0.1) is 22.9 Å². The number of carbonyl (C=O) groups excluding carboxylic acids is 1. The lowest BCUT2D eigenvalue weighted by molar-refractivity contribution is 0.0954. The Balaban J connectivity index is 1.44. The maximum atomic E-state index is 12.2. The van der Waals surface area contributed by atoms with Gasteiger partial charge in [0.15, 0.2) is 5.96 Å². The van der Waals surface area contributed by atoms with Gasteiger partial charge in [0.25, 0.3) is 5.91 Å². The summed E-state index contributed by atoms with van der Waals surface area (Å²) in [5.41, 5.74) is 0.476. The summed E-state index contributed by atoms with van der Waals surface area (Å²) in [5, 5.41) is 9.90. The minimum Gasteiger partial charge on any atom is -0.468 e. The molecule has 1 aliphatic rings. The first-order chi connectivity index (χ1) is 14.2. The molecule has 156 valence electrons. The van der Waals surface area contributed by atoms with Gasteiger partial charge in [-0.25, -0.2) is 0 Å². The molecule has 2 heterocycles. The number of halogens is 1. The average molecular weight is 418 g/mol. The van der Waals surface area contributed by atoms with Crippen molar-refractivity contribution in [3.05, 3.63) is 59.0 Å². The Morgan fingerprint density at radius 1 is 1.14 bits per heavy atom.